The minimum Gasteiger partial charge on any atom is -0.409 e. The Hall–Kier alpha value is -0.470. The number of nitrogens with two attached hydrogens (primary N) is 1. The first-order valence-corrected chi connectivity index (χ1v) is 9.28. The number of thioether (sulfide) groups is 1. The third-order valence-electron chi connectivity index (χ3n) is 4.03. The third-order valence-corrected chi connectivity index (χ3v) is 7.48. The highest BCUT2D eigenvalue weighted by Crippen LogP contribution is 2.37. The van der Waals surface area contributed by atoms with Crippen LogP contribution in [0.3, 0.4) is 0 Å². The van der Waals surface area contributed by atoms with Gasteiger partial charge in [0.2, 0.25) is 10.0 Å². The number of hydrogen-bond donors (Lipinski definition) is 2. The second kappa shape index (κ2) is 5.49. The average molecular weight is 307 g/mol. The van der Waals surface area contributed by atoms with Gasteiger partial charge in [0.05, 0.1) is 10.5 Å². The SMILES string of the molecule is CSC1(C(N)=NO)CCN(S(=O)(=O)CC2CC2)CC1. The fourth-order valence-electron chi connectivity index (χ4n) is 2.47. The number of nitrogens with zero attached hydrogens (tertiary/aromatic N) is 2. The molecular weight excluding hydrogens is 286 g/mol. The molecule has 1 aliphatic carbocycles. The summed E-state index contributed by atoms with van der Waals surface area (Å²) in [4.78, 5) is 0. The van der Waals surface area contributed by atoms with Crippen molar-refractivity contribution in [3.63, 3.8) is 0 Å². The number of hydrogen-bond acceptors (Lipinski definition) is 5. The summed E-state index contributed by atoms with van der Waals surface area (Å²) in [6, 6.07) is 0. The minimum atomic E-state index is -3.13. The van der Waals surface area contributed by atoms with Crippen molar-refractivity contribution in [3.8, 4) is 0 Å². The van der Waals surface area contributed by atoms with E-state index in [1.165, 1.54) is 11.8 Å². The summed E-state index contributed by atoms with van der Waals surface area (Å²) in [7, 11) is -3.13. The van der Waals surface area contributed by atoms with Crippen LogP contribution in [0.1, 0.15) is 25.7 Å². The maximum Gasteiger partial charge on any atom is 0.214 e. The number of piperidine rings is 1. The van der Waals surface area contributed by atoms with Crippen molar-refractivity contribution in [3.05, 3.63) is 0 Å². The molecule has 0 aromatic heterocycles. The minimum absolute atomic E-state index is 0.194. The van der Waals surface area contributed by atoms with E-state index < -0.39 is 14.8 Å². The fourth-order valence-corrected chi connectivity index (χ4v) is 5.19. The average Bonchev–Trinajstić information content (AvgIpc) is 3.21. The Balaban J connectivity index is 2.01. The first kappa shape index (κ1) is 14.9. The molecule has 3 N–H and O–H groups in total. The molecule has 0 unspecified atom stereocenters. The molecule has 2 fully saturated rings. The zero-order valence-corrected chi connectivity index (χ0v) is 12.7. The van der Waals surface area contributed by atoms with Gasteiger partial charge in [0.25, 0.3) is 0 Å². The van der Waals surface area contributed by atoms with Crippen LogP contribution >= 0.6 is 11.8 Å². The van der Waals surface area contributed by atoms with Gasteiger partial charge in [0.1, 0.15) is 0 Å². The molecule has 2 aliphatic rings. The molecule has 1 aliphatic heterocycles. The number of oxime groups is 1. The van der Waals surface area contributed by atoms with Crippen LogP contribution in [0.25, 0.3) is 0 Å². The van der Waals surface area contributed by atoms with Gasteiger partial charge in [0.15, 0.2) is 5.84 Å². The van der Waals surface area contributed by atoms with Gasteiger partial charge in [0, 0.05) is 13.1 Å². The molecule has 1 saturated heterocycles. The molecular formula is C11H21N3O3S2. The highest BCUT2D eigenvalue weighted by Gasteiger charge is 2.42. The molecule has 1 saturated carbocycles. The first-order chi connectivity index (χ1) is 8.93. The van der Waals surface area contributed by atoms with E-state index in [0.717, 1.165) is 12.8 Å². The Kier molecular flexibility index (Phi) is 4.32. The monoisotopic (exact) mass is 307 g/mol. The lowest BCUT2D eigenvalue weighted by molar-refractivity contribution is 0.300. The zero-order valence-electron chi connectivity index (χ0n) is 11.1. The van der Waals surface area contributed by atoms with Gasteiger partial charge in [-0.15, -0.1) is 0 Å². The summed E-state index contributed by atoms with van der Waals surface area (Å²) < 4.78 is 25.5. The van der Waals surface area contributed by atoms with Gasteiger partial charge < -0.3 is 10.9 Å². The molecule has 0 atom stereocenters. The summed E-state index contributed by atoms with van der Waals surface area (Å²) in [6.45, 7) is 0.901. The number of sulfonamides is 1. The van der Waals surface area contributed by atoms with Gasteiger partial charge >= 0.3 is 0 Å². The second-order valence-corrected chi connectivity index (χ2v) is 8.51. The van der Waals surface area contributed by atoms with Crippen LogP contribution in [0.15, 0.2) is 5.16 Å². The lowest BCUT2D eigenvalue weighted by Crippen LogP contribution is -2.51. The Morgan fingerprint density at radius 1 is 1.47 bits per heavy atom. The van der Waals surface area contributed by atoms with Gasteiger partial charge in [-0.25, -0.2) is 12.7 Å². The van der Waals surface area contributed by atoms with Gasteiger partial charge in [-0.2, -0.15) is 11.8 Å². The van der Waals surface area contributed by atoms with Crippen molar-refractivity contribution in [2.24, 2.45) is 16.8 Å². The summed E-state index contributed by atoms with van der Waals surface area (Å²) in [5.41, 5.74) is 5.75. The third kappa shape index (κ3) is 3.17. The van der Waals surface area contributed by atoms with Gasteiger partial charge in [-0.05, 0) is 37.9 Å². The van der Waals surface area contributed by atoms with E-state index in [2.05, 4.69) is 5.16 Å². The van der Waals surface area contributed by atoms with Crippen LogP contribution in [-0.4, -0.2) is 53.6 Å². The number of amidine groups is 1. The Morgan fingerprint density at radius 3 is 2.47 bits per heavy atom. The quantitative estimate of drug-likeness (QED) is 0.337. The van der Waals surface area contributed by atoms with E-state index in [1.54, 1.807) is 4.31 Å². The first-order valence-electron chi connectivity index (χ1n) is 6.44. The summed E-state index contributed by atoms with van der Waals surface area (Å²) in [6.07, 6.45) is 5.16. The van der Waals surface area contributed by atoms with E-state index in [9.17, 15) is 8.42 Å². The molecule has 0 aromatic carbocycles. The fraction of sp³-hybridized carbons (Fsp3) is 0.909. The van der Waals surface area contributed by atoms with Crippen LogP contribution in [0, 0.1) is 5.92 Å². The lowest BCUT2D eigenvalue weighted by atomic mass is 9.96. The molecule has 19 heavy (non-hydrogen) atoms. The smallest absolute Gasteiger partial charge is 0.214 e. The van der Waals surface area contributed by atoms with Crippen LogP contribution in [-0.2, 0) is 10.0 Å². The Bertz CT molecular complexity index is 452. The van der Waals surface area contributed by atoms with Crippen molar-refractivity contribution < 1.29 is 13.6 Å². The largest absolute Gasteiger partial charge is 0.409 e. The molecule has 0 aromatic rings. The maximum absolute atomic E-state index is 12.2. The van der Waals surface area contributed by atoms with Crippen molar-refractivity contribution in [1.82, 2.24) is 4.31 Å². The normalized spacial score (nSPS) is 25.4. The molecule has 6 nitrogen and oxygen atoms in total. The highest BCUT2D eigenvalue weighted by atomic mass is 32.2. The number of rotatable bonds is 5. The topological polar surface area (TPSA) is 96.0 Å². The van der Waals surface area contributed by atoms with Crippen LogP contribution in [0.2, 0.25) is 0 Å². The molecule has 1 heterocycles. The van der Waals surface area contributed by atoms with E-state index in [1.807, 2.05) is 6.26 Å². The van der Waals surface area contributed by atoms with Crippen molar-refractivity contribution in [2.75, 3.05) is 25.1 Å². The molecule has 8 heteroatoms. The van der Waals surface area contributed by atoms with E-state index in [0.29, 0.717) is 31.8 Å². The standard InChI is InChI=1S/C11H21N3O3S2/c1-18-11(10(12)13-15)4-6-14(7-5-11)19(16,17)8-9-2-3-9/h9,15H,2-8H2,1H3,(H2,12,13). The molecule has 0 radical (unpaired) electrons. The lowest BCUT2D eigenvalue weighted by Gasteiger charge is -2.39. The molecule has 0 amide bonds. The van der Waals surface area contributed by atoms with Crippen LogP contribution in [0.4, 0.5) is 0 Å². The predicted octanol–water partition coefficient (Wildman–Crippen LogP) is 0.670. The van der Waals surface area contributed by atoms with Crippen LogP contribution in [0.5, 0.6) is 0 Å². The van der Waals surface area contributed by atoms with Crippen molar-refractivity contribution >= 4 is 27.6 Å². The van der Waals surface area contributed by atoms with Crippen LogP contribution < -0.4 is 5.73 Å². The predicted molar refractivity (Wildman–Crippen MR) is 77.0 cm³/mol. The van der Waals surface area contributed by atoms with Crippen molar-refractivity contribution in [1.29, 1.82) is 0 Å². The maximum atomic E-state index is 12.2. The molecule has 110 valence electrons. The molecule has 0 bridgehead atoms. The second-order valence-electron chi connectivity index (χ2n) is 5.30. The summed E-state index contributed by atoms with van der Waals surface area (Å²) in [5.74, 6) is 0.837. The Labute approximate surface area is 118 Å². The van der Waals surface area contributed by atoms with Gasteiger partial charge in [-0.3, -0.25) is 0 Å². The Morgan fingerprint density at radius 2 is 2.05 bits per heavy atom. The molecule has 0 spiro atoms. The van der Waals surface area contributed by atoms with Crippen molar-refractivity contribution in [2.45, 2.75) is 30.4 Å². The summed E-state index contributed by atoms with van der Waals surface area (Å²) in [5, 5.41) is 12.0. The van der Waals surface area contributed by atoms with E-state index >= 15 is 0 Å². The molecule has 2 rings (SSSR count). The highest BCUT2D eigenvalue weighted by molar-refractivity contribution is 8.00. The van der Waals surface area contributed by atoms with E-state index in [-0.39, 0.29) is 11.6 Å². The van der Waals surface area contributed by atoms with E-state index in [4.69, 9.17) is 10.9 Å². The summed E-state index contributed by atoms with van der Waals surface area (Å²) >= 11 is 1.53. The zero-order chi connectivity index (χ0) is 14.1. The van der Waals surface area contributed by atoms with Gasteiger partial charge in [-0.1, -0.05) is 5.16 Å².